The molecule has 2 heterocycles. The SMILES string of the molecule is CCc1nc2cccnc2n1-c1ccc(CC(=O)NCc2ccccc2)cc1. The highest BCUT2D eigenvalue weighted by atomic mass is 16.1. The van der Waals surface area contributed by atoms with Gasteiger partial charge in [-0.1, -0.05) is 49.4 Å². The molecule has 0 fully saturated rings. The number of nitrogens with one attached hydrogen (secondary N) is 1. The Morgan fingerprint density at radius 2 is 1.75 bits per heavy atom. The first-order valence-corrected chi connectivity index (χ1v) is 9.47. The van der Waals surface area contributed by atoms with Crippen molar-refractivity contribution in [2.24, 2.45) is 0 Å². The van der Waals surface area contributed by atoms with Gasteiger partial charge in [-0.05, 0) is 35.4 Å². The third-order valence-electron chi connectivity index (χ3n) is 4.69. The van der Waals surface area contributed by atoms with Gasteiger partial charge in [0.2, 0.25) is 5.91 Å². The van der Waals surface area contributed by atoms with Crippen molar-refractivity contribution in [1.82, 2.24) is 19.9 Å². The van der Waals surface area contributed by atoms with Gasteiger partial charge in [-0.25, -0.2) is 9.97 Å². The second-order valence-electron chi connectivity index (χ2n) is 6.67. The second-order valence-corrected chi connectivity index (χ2v) is 6.67. The van der Waals surface area contributed by atoms with Crippen LogP contribution in [0.2, 0.25) is 0 Å². The lowest BCUT2D eigenvalue weighted by Gasteiger charge is -2.09. The van der Waals surface area contributed by atoms with Crippen molar-refractivity contribution >= 4 is 17.1 Å². The van der Waals surface area contributed by atoms with E-state index in [2.05, 4.69) is 26.8 Å². The number of aryl methyl sites for hydroxylation is 1. The van der Waals surface area contributed by atoms with Gasteiger partial charge in [0, 0.05) is 24.8 Å². The number of benzene rings is 2. The minimum absolute atomic E-state index is 0.0144. The molecule has 0 unspecified atom stereocenters. The highest BCUT2D eigenvalue weighted by Crippen LogP contribution is 2.20. The van der Waals surface area contributed by atoms with E-state index in [1.54, 1.807) is 6.20 Å². The molecule has 28 heavy (non-hydrogen) atoms. The first-order valence-electron chi connectivity index (χ1n) is 9.47. The topological polar surface area (TPSA) is 59.8 Å². The summed E-state index contributed by atoms with van der Waals surface area (Å²) in [6.07, 6.45) is 2.96. The molecule has 0 spiro atoms. The van der Waals surface area contributed by atoms with Crippen molar-refractivity contribution in [3.05, 3.63) is 89.9 Å². The molecule has 0 atom stereocenters. The molecule has 2 aromatic heterocycles. The number of rotatable bonds is 6. The Bertz CT molecular complexity index is 1080. The number of amides is 1. The molecule has 0 aliphatic carbocycles. The van der Waals surface area contributed by atoms with Gasteiger partial charge in [0.05, 0.1) is 6.42 Å². The first-order chi connectivity index (χ1) is 13.7. The normalized spacial score (nSPS) is 10.9. The van der Waals surface area contributed by atoms with E-state index in [1.807, 2.05) is 66.7 Å². The Hall–Kier alpha value is -3.47. The molecule has 5 heteroatoms. The third-order valence-corrected chi connectivity index (χ3v) is 4.69. The molecule has 5 nitrogen and oxygen atoms in total. The zero-order chi connectivity index (χ0) is 19.3. The number of nitrogens with zero attached hydrogens (tertiary/aromatic N) is 3. The monoisotopic (exact) mass is 370 g/mol. The molecule has 2 aromatic carbocycles. The molecule has 0 saturated carbocycles. The fraction of sp³-hybridized carbons (Fsp3) is 0.174. The summed E-state index contributed by atoms with van der Waals surface area (Å²) in [5.41, 5.74) is 4.82. The van der Waals surface area contributed by atoms with Gasteiger partial charge in [0.15, 0.2) is 5.65 Å². The van der Waals surface area contributed by atoms with Crippen LogP contribution in [0.1, 0.15) is 23.9 Å². The van der Waals surface area contributed by atoms with Crippen LogP contribution in [0.15, 0.2) is 72.9 Å². The number of hydrogen-bond acceptors (Lipinski definition) is 3. The van der Waals surface area contributed by atoms with Gasteiger partial charge in [0.25, 0.3) is 0 Å². The molecule has 140 valence electrons. The number of hydrogen-bond donors (Lipinski definition) is 1. The number of fused-ring (bicyclic) bond motifs is 1. The standard InChI is InChI=1S/C23H22N4O/c1-2-21-26-20-9-6-14-24-23(20)27(21)19-12-10-17(11-13-19)15-22(28)25-16-18-7-4-3-5-8-18/h3-14H,2,15-16H2,1H3,(H,25,28). The van der Waals surface area contributed by atoms with Crippen molar-refractivity contribution in [3.8, 4) is 5.69 Å². The van der Waals surface area contributed by atoms with Crippen LogP contribution in [0, 0.1) is 0 Å². The predicted molar refractivity (Wildman–Crippen MR) is 110 cm³/mol. The van der Waals surface area contributed by atoms with E-state index >= 15 is 0 Å². The zero-order valence-corrected chi connectivity index (χ0v) is 15.8. The van der Waals surface area contributed by atoms with Crippen LogP contribution >= 0.6 is 0 Å². The molecule has 4 rings (SSSR count). The fourth-order valence-electron chi connectivity index (χ4n) is 3.28. The maximum Gasteiger partial charge on any atom is 0.224 e. The molecule has 0 aliphatic rings. The molecule has 1 N–H and O–H groups in total. The molecular formula is C23H22N4O. The van der Waals surface area contributed by atoms with E-state index in [0.29, 0.717) is 13.0 Å². The molecule has 0 bridgehead atoms. The summed E-state index contributed by atoms with van der Waals surface area (Å²) in [6.45, 7) is 2.63. The summed E-state index contributed by atoms with van der Waals surface area (Å²) in [5, 5.41) is 2.97. The van der Waals surface area contributed by atoms with Gasteiger partial charge in [-0.2, -0.15) is 0 Å². The van der Waals surface area contributed by atoms with Gasteiger partial charge in [0.1, 0.15) is 11.3 Å². The summed E-state index contributed by atoms with van der Waals surface area (Å²) in [5.74, 6) is 0.989. The van der Waals surface area contributed by atoms with Crippen LogP contribution in [0.25, 0.3) is 16.9 Å². The van der Waals surface area contributed by atoms with Crippen LogP contribution in [0.5, 0.6) is 0 Å². The molecule has 0 aliphatic heterocycles. The van der Waals surface area contributed by atoms with Crippen LogP contribution in [-0.4, -0.2) is 20.4 Å². The Morgan fingerprint density at radius 1 is 0.964 bits per heavy atom. The van der Waals surface area contributed by atoms with E-state index in [1.165, 1.54) is 0 Å². The summed E-state index contributed by atoms with van der Waals surface area (Å²) < 4.78 is 2.08. The Kier molecular flexibility index (Phi) is 5.15. The first kappa shape index (κ1) is 17.9. The minimum atomic E-state index is 0.0144. The van der Waals surface area contributed by atoms with Gasteiger partial charge in [-0.3, -0.25) is 9.36 Å². The average Bonchev–Trinajstić information content (AvgIpc) is 3.12. The van der Waals surface area contributed by atoms with Crippen molar-refractivity contribution in [2.75, 3.05) is 0 Å². The van der Waals surface area contributed by atoms with E-state index in [4.69, 9.17) is 0 Å². The van der Waals surface area contributed by atoms with Crippen molar-refractivity contribution in [3.63, 3.8) is 0 Å². The largest absolute Gasteiger partial charge is 0.352 e. The van der Waals surface area contributed by atoms with E-state index < -0.39 is 0 Å². The number of aromatic nitrogens is 3. The van der Waals surface area contributed by atoms with Gasteiger partial charge < -0.3 is 5.32 Å². The van der Waals surface area contributed by atoms with E-state index in [9.17, 15) is 4.79 Å². The lowest BCUT2D eigenvalue weighted by molar-refractivity contribution is -0.120. The predicted octanol–water partition coefficient (Wildman–Crippen LogP) is 3.84. The Morgan fingerprint density at radius 3 is 2.50 bits per heavy atom. The quantitative estimate of drug-likeness (QED) is 0.561. The molecule has 4 aromatic rings. The van der Waals surface area contributed by atoms with Crippen LogP contribution in [-0.2, 0) is 24.2 Å². The highest BCUT2D eigenvalue weighted by molar-refractivity contribution is 5.78. The Labute approximate surface area is 164 Å². The van der Waals surface area contributed by atoms with Crippen molar-refractivity contribution in [1.29, 1.82) is 0 Å². The number of pyridine rings is 1. The molecular weight excluding hydrogens is 348 g/mol. The van der Waals surface area contributed by atoms with Gasteiger partial charge >= 0.3 is 0 Å². The number of imidazole rings is 1. The maximum atomic E-state index is 12.2. The van der Waals surface area contributed by atoms with Crippen LogP contribution in [0.4, 0.5) is 0 Å². The fourth-order valence-corrected chi connectivity index (χ4v) is 3.28. The highest BCUT2D eigenvalue weighted by Gasteiger charge is 2.12. The van der Waals surface area contributed by atoms with Crippen molar-refractivity contribution in [2.45, 2.75) is 26.3 Å². The van der Waals surface area contributed by atoms with Crippen LogP contribution < -0.4 is 5.32 Å². The molecule has 0 saturated heterocycles. The van der Waals surface area contributed by atoms with E-state index in [-0.39, 0.29) is 5.91 Å². The smallest absolute Gasteiger partial charge is 0.224 e. The molecule has 0 radical (unpaired) electrons. The summed E-state index contributed by atoms with van der Waals surface area (Å²) >= 11 is 0. The zero-order valence-electron chi connectivity index (χ0n) is 15.8. The average molecular weight is 370 g/mol. The van der Waals surface area contributed by atoms with Crippen molar-refractivity contribution < 1.29 is 4.79 Å². The summed E-state index contributed by atoms with van der Waals surface area (Å²) in [4.78, 5) is 21.4. The lowest BCUT2D eigenvalue weighted by atomic mass is 10.1. The minimum Gasteiger partial charge on any atom is -0.352 e. The van der Waals surface area contributed by atoms with Gasteiger partial charge in [-0.15, -0.1) is 0 Å². The second kappa shape index (κ2) is 8.05. The Balaban J connectivity index is 1.48. The summed E-state index contributed by atoms with van der Waals surface area (Å²) in [7, 11) is 0. The lowest BCUT2D eigenvalue weighted by Crippen LogP contribution is -2.24. The third kappa shape index (κ3) is 3.78. The number of carbonyl (C=O) groups is 1. The van der Waals surface area contributed by atoms with Crippen LogP contribution in [0.3, 0.4) is 0 Å². The van der Waals surface area contributed by atoms with E-state index in [0.717, 1.165) is 40.2 Å². The number of carbonyl (C=O) groups excluding carboxylic acids is 1. The maximum absolute atomic E-state index is 12.2. The molecule has 1 amide bonds. The summed E-state index contributed by atoms with van der Waals surface area (Å²) in [6, 6.07) is 21.8.